The van der Waals surface area contributed by atoms with E-state index >= 15 is 0 Å². The van der Waals surface area contributed by atoms with Crippen LogP contribution in [-0.4, -0.2) is 36.4 Å². The number of pyridine rings is 1. The smallest absolute Gasteiger partial charge is 0.238 e. The number of ether oxygens (including phenoxy) is 1. The summed E-state index contributed by atoms with van der Waals surface area (Å²) in [6.45, 7) is 9.10. The van der Waals surface area contributed by atoms with Crippen LogP contribution in [-0.2, 0) is 12.0 Å². The molecule has 34 heavy (non-hydrogen) atoms. The van der Waals surface area contributed by atoms with E-state index in [0.29, 0.717) is 23.0 Å². The van der Waals surface area contributed by atoms with Crippen molar-refractivity contribution in [1.82, 2.24) is 29.3 Å². The Morgan fingerprint density at radius 3 is 2.65 bits per heavy atom. The van der Waals surface area contributed by atoms with Crippen molar-refractivity contribution in [2.75, 3.05) is 7.11 Å². The minimum Gasteiger partial charge on any atom is -0.479 e. The number of methoxy groups -OCH3 is 1. The van der Waals surface area contributed by atoms with Crippen LogP contribution in [0.4, 0.5) is 4.39 Å². The second kappa shape index (κ2) is 8.34. The lowest BCUT2D eigenvalue weighted by Gasteiger charge is -2.25. The number of nitrogens with zero attached hydrogens (tertiary/aromatic N) is 6. The van der Waals surface area contributed by atoms with Crippen molar-refractivity contribution in [2.45, 2.75) is 58.4 Å². The van der Waals surface area contributed by atoms with Crippen molar-refractivity contribution in [2.24, 2.45) is 0 Å². The van der Waals surface area contributed by atoms with Gasteiger partial charge < -0.3 is 9.30 Å². The fourth-order valence-electron chi connectivity index (χ4n) is 4.49. The van der Waals surface area contributed by atoms with Crippen molar-refractivity contribution in [3.63, 3.8) is 0 Å². The summed E-state index contributed by atoms with van der Waals surface area (Å²) in [5.41, 5.74) is 4.03. The molecule has 0 amide bonds. The summed E-state index contributed by atoms with van der Waals surface area (Å²) >= 11 is 0. The summed E-state index contributed by atoms with van der Waals surface area (Å²) in [6, 6.07) is 9.25. The van der Waals surface area contributed by atoms with Gasteiger partial charge in [-0.05, 0) is 54.5 Å². The summed E-state index contributed by atoms with van der Waals surface area (Å²) in [6.07, 6.45) is 5.39. The number of benzene rings is 1. The first-order valence-corrected chi connectivity index (χ1v) is 11.6. The van der Waals surface area contributed by atoms with Gasteiger partial charge in [-0.1, -0.05) is 32.9 Å². The lowest BCUT2D eigenvalue weighted by Crippen LogP contribution is -2.20. The van der Waals surface area contributed by atoms with E-state index in [-0.39, 0.29) is 17.2 Å². The third kappa shape index (κ3) is 3.97. The highest BCUT2D eigenvalue weighted by molar-refractivity contribution is 5.55. The van der Waals surface area contributed by atoms with E-state index in [4.69, 9.17) is 14.8 Å². The normalized spacial score (nSPS) is 15.9. The molecule has 3 aromatic heterocycles. The van der Waals surface area contributed by atoms with Crippen LogP contribution in [0.5, 0.6) is 5.88 Å². The lowest BCUT2D eigenvalue weighted by atomic mass is 9.82. The Labute approximate surface area is 198 Å². The number of aromatic nitrogens is 6. The monoisotopic (exact) mass is 460 g/mol. The number of hydrogen-bond donors (Lipinski definition) is 0. The molecular weight excluding hydrogens is 431 g/mol. The topological polar surface area (TPSA) is 70.7 Å². The second-order valence-corrected chi connectivity index (χ2v) is 9.85. The van der Waals surface area contributed by atoms with E-state index in [9.17, 15) is 4.39 Å². The Morgan fingerprint density at radius 2 is 1.94 bits per heavy atom. The SMILES string of the molecule is COc1nc(-c2nc3n(n2)CCC[C@@H]3c2cc(C(C)(C)C)ccc2F)ccc1-n1cnc(C)c1. The van der Waals surface area contributed by atoms with Crippen LogP contribution in [0.1, 0.15) is 62.2 Å². The predicted octanol–water partition coefficient (Wildman–Crippen LogP) is 5.21. The third-order valence-corrected chi connectivity index (χ3v) is 6.36. The third-order valence-electron chi connectivity index (χ3n) is 6.36. The Balaban J connectivity index is 1.54. The van der Waals surface area contributed by atoms with Gasteiger partial charge in [0.25, 0.3) is 0 Å². The fraction of sp³-hybridized carbons (Fsp3) is 0.385. The Bertz CT molecular complexity index is 1350. The Hall–Kier alpha value is -3.55. The molecule has 0 unspecified atom stereocenters. The predicted molar refractivity (Wildman–Crippen MR) is 128 cm³/mol. The highest BCUT2D eigenvalue weighted by Gasteiger charge is 2.30. The quantitative estimate of drug-likeness (QED) is 0.418. The van der Waals surface area contributed by atoms with Crippen molar-refractivity contribution in [3.8, 4) is 23.1 Å². The van der Waals surface area contributed by atoms with Gasteiger partial charge in [-0.2, -0.15) is 0 Å². The van der Waals surface area contributed by atoms with Gasteiger partial charge in [-0.15, -0.1) is 5.10 Å². The molecule has 0 spiro atoms. The number of aryl methyl sites for hydroxylation is 2. The maximum Gasteiger partial charge on any atom is 0.238 e. The van der Waals surface area contributed by atoms with E-state index in [1.807, 2.05) is 46.6 Å². The average molecular weight is 461 g/mol. The maximum atomic E-state index is 15.0. The molecule has 7 nitrogen and oxygen atoms in total. The first-order valence-electron chi connectivity index (χ1n) is 11.6. The van der Waals surface area contributed by atoms with Crippen LogP contribution < -0.4 is 4.74 Å². The molecule has 0 fully saturated rings. The molecule has 176 valence electrons. The van der Waals surface area contributed by atoms with Crippen molar-refractivity contribution < 1.29 is 9.13 Å². The fourth-order valence-corrected chi connectivity index (χ4v) is 4.49. The molecule has 1 atom stereocenters. The van der Waals surface area contributed by atoms with Crippen molar-refractivity contribution in [3.05, 3.63) is 71.3 Å². The summed E-state index contributed by atoms with van der Waals surface area (Å²) in [4.78, 5) is 13.8. The molecule has 1 aliphatic rings. The van der Waals surface area contributed by atoms with Gasteiger partial charge >= 0.3 is 0 Å². The number of halogens is 1. The molecule has 1 aromatic carbocycles. The van der Waals surface area contributed by atoms with E-state index in [1.165, 1.54) is 0 Å². The molecule has 1 aliphatic heterocycles. The van der Waals surface area contributed by atoms with E-state index < -0.39 is 0 Å². The van der Waals surface area contributed by atoms with Gasteiger partial charge in [0.1, 0.15) is 23.0 Å². The minimum atomic E-state index is -0.198. The van der Waals surface area contributed by atoms with Crippen LogP contribution in [0, 0.1) is 12.7 Å². The standard InChI is InChI=1S/C26H29FN6O/c1-16-14-32(15-28-16)22-11-10-21(29-25(22)34-5)23-30-24-18(7-6-12-33(24)31-23)19-13-17(26(2,3)4)8-9-20(19)27/h8-11,13-15,18H,6-7,12H2,1-5H3/t18-/m1/s1. The molecule has 8 heteroatoms. The van der Waals surface area contributed by atoms with Crippen LogP contribution in [0.2, 0.25) is 0 Å². The van der Waals surface area contributed by atoms with Crippen molar-refractivity contribution in [1.29, 1.82) is 0 Å². The molecule has 4 aromatic rings. The molecule has 0 saturated heterocycles. The molecule has 0 aliphatic carbocycles. The van der Waals surface area contributed by atoms with Gasteiger partial charge in [-0.3, -0.25) is 0 Å². The van der Waals surface area contributed by atoms with Crippen LogP contribution in [0.3, 0.4) is 0 Å². The summed E-state index contributed by atoms with van der Waals surface area (Å²) in [5, 5.41) is 4.73. The lowest BCUT2D eigenvalue weighted by molar-refractivity contribution is 0.396. The molecule has 0 bridgehead atoms. The number of imidazole rings is 1. The Kier molecular flexibility index (Phi) is 5.46. The molecule has 5 rings (SSSR count). The van der Waals surface area contributed by atoms with Crippen LogP contribution in [0.15, 0.2) is 42.9 Å². The number of fused-ring (bicyclic) bond motifs is 1. The molecular formula is C26H29FN6O. The first kappa shape index (κ1) is 22.3. The summed E-state index contributed by atoms with van der Waals surface area (Å²) < 4.78 is 24.3. The molecule has 0 N–H and O–H groups in total. The molecule has 0 saturated carbocycles. The van der Waals surface area contributed by atoms with Gasteiger partial charge in [-0.25, -0.2) is 24.0 Å². The van der Waals surface area contributed by atoms with Gasteiger partial charge in [0, 0.05) is 18.7 Å². The average Bonchev–Trinajstić information content (AvgIpc) is 3.44. The summed E-state index contributed by atoms with van der Waals surface area (Å²) in [7, 11) is 1.59. The van der Waals surface area contributed by atoms with Crippen LogP contribution in [0.25, 0.3) is 17.2 Å². The van der Waals surface area contributed by atoms with Gasteiger partial charge in [0.2, 0.25) is 5.88 Å². The van der Waals surface area contributed by atoms with Gasteiger partial charge in [0.15, 0.2) is 5.82 Å². The second-order valence-electron chi connectivity index (χ2n) is 9.85. The molecule has 4 heterocycles. The summed E-state index contributed by atoms with van der Waals surface area (Å²) in [5.74, 6) is 1.41. The molecule has 0 radical (unpaired) electrons. The first-order chi connectivity index (χ1) is 16.2. The van der Waals surface area contributed by atoms with E-state index in [0.717, 1.165) is 42.2 Å². The highest BCUT2D eigenvalue weighted by Crippen LogP contribution is 2.37. The zero-order valence-corrected chi connectivity index (χ0v) is 20.2. The van der Waals surface area contributed by atoms with Crippen molar-refractivity contribution >= 4 is 0 Å². The number of rotatable bonds is 4. The van der Waals surface area contributed by atoms with E-state index in [2.05, 4.69) is 30.7 Å². The Morgan fingerprint density at radius 1 is 1.12 bits per heavy atom. The highest BCUT2D eigenvalue weighted by atomic mass is 19.1. The zero-order valence-electron chi connectivity index (χ0n) is 20.2. The largest absolute Gasteiger partial charge is 0.479 e. The minimum absolute atomic E-state index is 0.0635. The van der Waals surface area contributed by atoms with Crippen LogP contribution >= 0.6 is 0 Å². The maximum absolute atomic E-state index is 15.0. The van der Waals surface area contributed by atoms with E-state index in [1.54, 1.807) is 19.5 Å². The van der Waals surface area contributed by atoms with Gasteiger partial charge in [0.05, 0.1) is 19.1 Å². The zero-order chi connectivity index (χ0) is 24.0. The number of hydrogen-bond acceptors (Lipinski definition) is 5.